The van der Waals surface area contributed by atoms with Crippen molar-refractivity contribution in [1.29, 1.82) is 5.26 Å². The maximum atomic E-state index is 11.9. The molecule has 2 rings (SSSR count). The molecule has 0 aliphatic heterocycles. The van der Waals surface area contributed by atoms with E-state index in [4.69, 9.17) is 11.0 Å². The average molecular weight is 366 g/mol. The Morgan fingerprint density at radius 3 is 2.60 bits per heavy atom. The molecule has 0 amide bonds. The van der Waals surface area contributed by atoms with Gasteiger partial charge in [0.15, 0.2) is 5.69 Å². The zero-order valence-corrected chi connectivity index (χ0v) is 13.3. The van der Waals surface area contributed by atoms with E-state index in [0.717, 1.165) is 30.0 Å². The van der Waals surface area contributed by atoms with Crippen LogP contribution in [0.3, 0.4) is 0 Å². The third-order valence-electron chi connectivity index (χ3n) is 3.24. The monoisotopic (exact) mass is 366 g/mol. The van der Waals surface area contributed by atoms with E-state index in [1.54, 1.807) is 6.07 Å². The number of non-ortho nitro benzene ring substituents is 1. The van der Waals surface area contributed by atoms with Crippen molar-refractivity contribution in [1.82, 2.24) is 4.57 Å². The standard InChI is InChI=1S/C13H10N4O7S/c1-24-13(18)12-11(15)7(5-14)6-16(12)9-3-2-8(17(19)20)4-10(9)25(21,22)23/h2-4,6H,15H2,1H3,(H,21,22,23). The van der Waals surface area contributed by atoms with Crippen molar-refractivity contribution in [3.8, 4) is 11.8 Å². The number of hydrogen-bond acceptors (Lipinski definition) is 8. The summed E-state index contributed by atoms with van der Waals surface area (Å²) < 4.78 is 38.1. The van der Waals surface area contributed by atoms with E-state index in [-0.39, 0.29) is 22.6 Å². The van der Waals surface area contributed by atoms with Crippen LogP contribution in [0.25, 0.3) is 5.69 Å². The highest BCUT2D eigenvalue weighted by Gasteiger charge is 2.27. The summed E-state index contributed by atoms with van der Waals surface area (Å²) in [5.74, 6) is -0.973. The average Bonchev–Trinajstić information content (AvgIpc) is 2.89. The second-order valence-electron chi connectivity index (χ2n) is 4.66. The Balaban J connectivity index is 2.90. The van der Waals surface area contributed by atoms with Gasteiger partial charge in [-0.2, -0.15) is 13.7 Å². The minimum absolute atomic E-state index is 0.153. The zero-order valence-electron chi connectivity index (χ0n) is 12.5. The molecule has 0 atom stereocenters. The third kappa shape index (κ3) is 3.13. The number of carbonyl (C=O) groups excluding carboxylic acids is 1. The number of rotatable bonds is 4. The first-order chi connectivity index (χ1) is 11.6. The fourth-order valence-corrected chi connectivity index (χ4v) is 2.83. The molecule has 3 N–H and O–H groups in total. The maximum absolute atomic E-state index is 11.9. The molecule has 0 unspecified atom stereocenters. The summed E-state index contributed by atoms with van der Waals surface area (Å²) in [4.78, 5) is 21.1. The predicted octanol–water partition coefficient (Wildman–Crippen LogP) is 0.873. The van der Waals surface area contributed by atoms with E-state index < -0.39 is 31.6 Å². The Morgan fingerprint density at radius 2 is 2.12 bits per heavy atom. The normalized spacial score (nSPS) is 10.9. The van der Waals surface area contributed by atoms with Gasteiger partial charge in [0.2, 0.25) is 0 Å². The van der Waals surface area contributed by atoms with Crippen LogP contribution in [0, 0.1) is 21.4 Å². The highest BCUT2D eigenvalue weighted by molar-refractivity contribution is 7.86. The lowest BCUT2D eigenvalue weighted by Gasteiger charge is -2.11. The van der Waals surface area contributed by atoms with Gasteiger partial charge >= 0.3 is 5.97 Å². The summed E-state index contributed by atoms with van der Waals surface area (Å²) in [5.41, 5.74) is 4.00. The number of anilines is 1. The minimum atomic E-state index is -4.90. The van der Waals surface area contributed by atoms with E-state index in [0.29, 0.717) is 6.07 Å². The topological polar surface area (TPSA) is 179 Å². The summed E-state index contributed by atoms with van der Waals surface area (Å²) >= 11 is 0. The lowest BCUT2D eigenvalue weighted by atomic mass is 10.2. The number of nitro groups is 1. The highest BCUT2D eigenvalue weighted by atomic mass is 32.2. The van der Waals surface area contributed by atoms with Gasteiger partial charge in [-0.25, -0.2) is 4.79 Å². The number of benzene rings is 1. The summed E-state index contributed by atoms with van der Waals surface area (Å²) in [6, 6.07) is 4.30. The fourth-order valence-electron chi connectivity index (χ4n) is 2.13. The van der Waals surface area contributed by atoms with Gasteiger partial charge in [-0.15, -0.1) is 0 Å². The number of nitrogens with two attached hydrogens (primary N) is 1. The van der Waals surface area contributed by atoms with E-state index in [2.05, 4.69) is 4.74 Å². The van der Waals surface area contributed by atoms with Gasteiger partial charge in [0.1, 0.15) is 11.0 Å². The zero-order chi connectivity index (χ0) is 18.9. The molecule has 1 aromatic heterocycles. The summed E-state index contributed by atoms with van der Waals surface area (Å²) in [7, 11) is -3.85. The number of esters is 1. The second kappa shape index (κ2) is 6.23. The van der Waals surface area contributed by atoms with Crippen molar-refractivity contribution < 1.29 is 27.4 Å². The second-order valence-corrected chi connectivity index (χ2v) is 6.05. The number of nitrogen functional groups attached to an aromatic ring is 1. The third-order valence-corrected chi connectivity index (χ3v) is 4.12. The van der Waals surface area contributed by atoms with E-state index in [9.17, 15) is 27.9 Å². The number of aromatic nitrogens is 1. The number of nitrogens with zero attached hydrogens (tertiary/aromatic N) is 3. The van der Waals surface area contributed by atoms with Crippen LogP contribution in [0.5, 0.6) is 0 Å². The van der Waals surface area contributed by atoms with Crippen molar-refractivity contribution in [3.63, 3.8) is 0 Å². The van der Waals surface area contributed by atoms with Crippen LogP contribution in [-0.2, 0) is 14.9 Å². The number of methoxy groups -OCH3 is 1. The van der Waals surface area contributed by atoms with Gasteiger partial charge in [0.25, 0.3) is 15.8 Å². The summed E-state index contributed by atoms with van der Waals surface area (Å²) in [6.45, 7) is 0. The van der Waals surface area contributed by atoms with Gasteiger partial charge in [-0.3, -0.25) is 14.7 Å². The van der Waals surface area contributed by atoms with Crippen molar-refractivity contribution in [3.05, 3.63) is 45.8 Å². The summed E-state index contributed by atoms with van der Waals surface area (Å²) in [5, 5.41) is 19.9. The molecule has 130 valence electrons. The number of ether oxygens (including phenoxy) is 1. The molecule has 25 heavy (non-hydrogen) atoms. The van der Waals surface area contributed by atoms with Crippen LogP contribution in [0.4, 0.5) is 11.4 Å². The lowest BCUT2D eigenvalue weighted by Crippen LogP contribution is -2.13. The molecule has 1 aromatic carbocycles. The quantitative estimate of drug-likeness (QED) is 0.343. The lowest BCUT2D eigenvalue weighted by molar-refractivity contribution is -0.385. The van der Waals surface area contributed by atoms with Crippen LogP contribution in [0.15, 0.2) is 29.3 Å². The molecule has 0 radical (unpaired) electrons. The van der Waals surface area contributed by atoms with Gasteiger partial charge < -0.3 is 15.0 Å². The minimum Gasteiger partial charge on any atom is -0.464 e. The van der Waals surface area contributed by atoms with Crippen molar-refractivity contribution in [2.45, 2.75) is 4.90 Å². The number of carbonyl (C=O) groups is 1. The van der Waals surface area contributed by atoms with E-state index in [1.165, 1.54) is 0 Å². The number of nitro benzene ring substituents is 1. The first-order valence-corrected chi connectivity index (χ1v) is 7.81. The number of nitriles is 1. The molecular formula is C13H10N4O7S. The first kappa shape index (κ1) is 17.9. The Labute approximate surface area is 140 Å². The van der Waals surface area contributed by atoms with Crippen LogP contribution in [0.2, 0.25) is 0 Å². The van der Waals surface area contributed by atoms with Gasteiger partial charge in [-0.05, 0) is 6.07 Å². The maximum Gasteiger partial charge on any atom is 0.357 e. The van der Waals surface area contributed by atoms with Crippen molar-refractivity contribution in [2.24, 2.45) is 0 Å². The molecule has 2 aromatic rings. The smallest absolute Gasteiger partial charge is 0.357 e. The van der Waals surface area contributed by atoms with Crippen molar-refractivity contribution >= 4 is 27.5 Å². The van der Waals surface area contributed by atoms with Crippen LogP contribution in [0.1, 0.15) is 16.1 Å². The Bertz CT molecular complexity index is 1030. The molecule has 0 spiro atoms. The largest absolute Gasteiger partial charge is 0.464 e. The Morgan fingerprint density at radius 1 is 1.48 bits per heavy atom. The van der Waals surface area contributed by atoms with E-state index >= 15 is 0 Å². The van der Waals surface area contributed by atoms with Crippen LogP contribution >= 0.6 is 0 Å². The molecule has 0 bridgehead atoms. The molecule has 1 heterocycles. The molecule has 11 nitrogen and oxygen atoms in total. The fraction of sp³-hybridized carbons (Fsp3) is 0.0769. The SMILES string of the molecule is COC(=O)c1c(N)c(C#N)cn1-c1ccc([N+](=O)[O-])cc1S(=O)(=O)O. The van der Waals surface area contributed by atoms with Crippen LogP contribution < -0.4 is 5.73 Å². The molecular weight excluding hydrogens is 356 g/mol. The molecule has 0 fully saturated rings. The van der Waals surface area contributed by atoms with Gasteiger partial charge in [-0.1, -0.05) is 0 Å². The molecule has 0 saturated heterocycles. The van der Waals surface area contributed by atoms with Gasteiger partial charge in [0.05, 0.1) is 29.0 Å². The molecule has 12 heteroatoms. The Hall–Kier alpha value is -3.43. The highest BCUT2D eigenvalue weighted by Crippen LogP contribution is 2.30. The first-order valence-electron chi connectivity index (χ1n) is 6.37. The van der Waals surface area contributed by atoms with Crippen LogP contribution in [-0.4, -0.2) is 35.5 Å². The van der Waals surface area contributed by atoms with Gasteiger partial charge in [0, 0.05) is 18.3 Å². The Kier molecular flexibility index (Phi) is 4.46. The molecule has 0 aliphatic carbocycles. The predicted molar refractivity (Wildman–Crippen MR) is 82.7 cm³/mol. The molecule has 0 aliphatic rings. The summed E-state index contributed by atoms with van der Waals surface area (Å²) in [6.07, 6.45) is 1.05. The van der Waals surface area contributed by atoms with Crippen molar-refractivity contribution in [2.75, 3.05) is 12.8 Å². The van der Waals surface area contributed by atoms with E-state index in [1.807, 2.05) is 0 Å². The number of hydrogen-bond donors (Lipinski definition) is 2. The molecule has 0 saturated carbocycles.